The molecule has 1 aromatic rings. The predicted octanol–water partition coefficient (Wildman–Crippen LogP) is 0.242. The molecule has 37 heavy (non-hydrogen) atoms. The van der Waals surface area contributed by atoms with Crippen molar-refractivity contribution in [1.29, 1.82) is 0 Å². The van der Waals surface area contributed by atoms with Gasteiger partial charge >= 0.3 is 18.0 Å². The summed E-state index contributed by atoms with van der Waals surface area (Å²) in [6.45, 7) is 2.52. The van der Waals surface area contributed by atoms with E-state index in [0.29, 0.717) is 0 Å². The Labute approximate surface area is 210 Å². The van der Waals surface area contributed by atoms with Crippen molar-refractivity contribution >= 4 is 41.4 Å². The number of likely N-dealkylation sites (tertiary alicyclic amines) is 1. The van der Waals surface area contributed by atoms with Gasteiger partial charge in [-0.05, 0) is 12.1 Å². The lowest BCUT2D eigenvalue weighted by Crippen LogP contribution is -2.57. The van der Waals surface area contributed by atoms with Crippen molar-refractivity contribution in [2.24, 2.45) is 0 Å². The fraction of sp³-hybridized carbons (Fsp3) is 0.478. The number of halogens is 1. The van der Waals surface area contributed by atoms with Crippen LogP contribution >= 0.6 is 0 Å². The number of hydrogen-bond acceptors (Lipinski definition) is 10. The minimum atomic E-state index is -0.887. The zero-order chi connectivity index (χ0) is 27.3. The Kier molecular flexibility index (Phi) is 8.63. The van der Waals surface area contributed by atoms with Crippen molar-refractivity contribution in [1.82, 2.24) is 9.80 Å². The molecule has 4 amide bonds. The Bertz CT molecular complexity index is 1100. The van der Waals surface area contributed by atoms with Crippen LogP contribution in [-0.4, -0.2) is 97.2 Å². The van der Waals surface area contributed by atoms with Crippen LogP contribution in [0.25, 0.3) is 0 Å². The lowest BCUT2D eigenvalue weighted by atomic mass is 10.1. The quantitative estimate of drug-likeness (QED) is 0.325. The number of imide groups is 1. The molecule has 1 atom stereocenters. The second-order valence-corrected chi connectivity index (χ2v) is 8.35. The smallest absolute Gasteiger partial charge is 0.414 e. The van der Waals surface area contributed by atoms with E-state index in [4.69, 9.17) is 9.47 Å². The Morgan fingerprint density at radius 1 is 1.03 bits per heavy atom. The van der Waals surface area contributed by atoms with E-state index in [9.17, 15) is 33.2 Å². The normalized spacial score (nSPS) is 17.0. The molecule has 1 aromatic carbocycles. The molecule has 2 fully saturated rings. The average molecular weight is 523 g/mol. The summed E-state index contributed by atoms with van der Waals surface area (Å²) >= 11 is 0. The maximum Gasteiger partial charge on any atom is 0.414 e. The van der Waals surface area contributed by atoms with Gasteiger partial charge in [0.25, 0.3) is 11.8 Å². The first kappa shape index (κ1) is 27.4. The van der Waals surface area contributed by atoms with Crippen LogP contribution in [0.2, 0.25) is 0 Å². The summed E-state index contributed by atoms with van der Waals surface area (Å²) in [5, 5.41) is 0. The molecule has 0 spiro atoms. The number of rotatable bonds is 9. The summed E-state index contributed by atoms with van der Waals surface area (Å²) in [6.07, 6.45) is -2.14. The first-order valence-corrected chi connectivity index (χ1v) is 11.2. The number of nitrogens with zero attached hydrogens (tertiary/aromatic N) is 3. The predicted molar refractivity (Wildman–Crippen MR) is 121 cm³/mol. The third-order valence-electron chi connectivity index (χ3n) is 5.46. The second-order valence-electron chi connectivity index (χ2n) is 8.35. The van der Waals surface area contributed by atoms with E-state index in [2.05, 4.69) is 9.47 Å². The molecular formula is C23H26FN3O10. The Balaban J connectivity index is 1.55. The van der Waals surface area contributed by atoms with Crippen molar-refractivity contribution in [3.05, 3.63) is 24.0 Å². The molecule has 14 heteroatoms. The highest BCUT2D eigenvalue weighted by Crippen LogP contribution is 2.29. The van der Waals surface area contributed by atoms with Gasteiger partial charge in [0.2, 0.25) is 5.91 Å². The van der Waals surface area contributed by atoms with Gasteiger partial charge in [0, 0.05) is 26.8 Å². The summed E-state index contributed by atoms with van der Waals surface area (Å²) in [5.41, 5.74) is 0.171. The van der Waals surface area contributed by atoms with E-state index in [1.807, 2.05) is 0 Å². The zero-order valence-corrected chi connectivity index (χ0v) is 20.4. The van der Waals surface area contributed by atoms with E-state index in [0.717, 1.165) is 29.7 Å². The van der Waals surface area contributed by atoms with Gasteiger partial charge < -0.3 is 23.8 Å². The topological polar surface area (TPSA) is 149 Å². The number of anilines is 1. The number of benzene rings is 1. The zero-order valence-electron chi connectivity index (χ0n) is 20.4. The Morgan fingerprint density at radius 3 is 2.27 bits per heavy atom. The molecule has 3 rings (SSSR count). The number of carbonyl (C=O) groups excluding carboxylic acids is 6. The van der Waals surface area contributed by atoms with Crippen LogP contribution in [0, 0.1) is 5.82 Å². The van der Waals surface area contributed by atoms with Crippen molar-refractivity contribution < 1.29 is 52.1 Å². The minimum absolute atomic E-state index is 0.0644. The molecule has 0 unspecified atom stereocenters. The first-order valence-electron chi connectivity index (χ1n) is 11.2. The van der Waals surface area contributed by atoms with Crippen LogP contribution in [0.5, 0.6) is 5.75 Å². The molecule has 2 heterocycles. The van der Waals surface area contributed by atoms with Gasteiger partial charge in [-0.1, -0.05) is 0 Å². The summed E-state index contributed by atoms with van der Waals surface area (Å²) in [4.78, 5) is 73.4. The number of ether oxygens (including phenoxy) is 4. The molecule has 0 aromatic heterocycles. The summed E-state index contributed by atoms with van der Waals surface area (Å²) in [7, 11) is 0. The van der Waals surface area contributed by atoms with E-state index in [1.165, 1.54) is 24.0 Å². The number of amides is 4. The molecule has 2 saturated heterocycles. The van der Waals surface area contributed by atoms with E-state index < -0.39 is 54.5 Å². The monoisotopic (exact) mass is 523 g/mol. The largest absolute Gasteiger partial charge is 0.484 e. The summed E-state index contributed by atoms with van der Waals surface area (Å²) in [5.74, 6) is -3.86. The van der Waals surface area contributed by atoms with Gasteiger partial charge in [0.1, 0.15) is 12.2 Å². The van der Waals surface area contributed by atoms with Crippen molar-refractivity contribution in [3.63, 3.8) is 0 Å². The molecule has 13 nitrogen and oxygen atoms in total. The van der Waals surface area contributed by atoms with Crippen LogP contribution in [0.4, 0.5) is 14.9 Å². The average Bonchev–Trinajstić information content (AvgIpc) is 3.17. The number of cyclic esters (lactones) is 1. The van der Waals surface area contributed by atoms with Gasteiger partial charge in [-0.2, -0.15) is 0 Å². The summed E-state index contributed by atoms with van der Waals surface area (Å²) in [6, 6.07) is 3.86. The Hall–Kier alpha value is -4.23. The number of carbonyl (C=O) groups is 6. The fourth-order valence-electron chi connectivity index (χ4n) is 3.58. The fourth-order valence-corrected chi connectivity index (χ4v) is 3.58. The molecule has 0 N–H and O–H groups in total. The highest BCUT2D eigenvalue weighted by atomic mass is 19.1. The van der Waals surface area contributed by atoms with Crippen molar-refractivity contribution in [2.45, 2.75) is 33.0 Å². The lowest BCUT2D eigenvalue weighted by Gasteiger charge is -2.38. The van der Waals surface area contributed by atoms with Crippen LogP contribution in [0.1, 0.15) is 20.8 Å². The molecule has 0 bridgehead atoms. The molecule has 2 aliphatic rings. The molecular weight excluding hydrogens is 497 g/mol. The first-order chi connectivity index (χ1) is 17.4. The lowest BCUT2D eigenvalue weighted by molar-refractivity contribution is -0.155. The van der Waals surface area contributed by atoms with Crippen LogP contribution < -0.4 is 9.64 Å². The van der Waals surface area contributed by atoms with E-state index in [-0.39, 0.29) is 50.1 Å². The van der Waals surface area contributed by atoms with E-state index >= 15 is 0 Å². The molecule has 0 saturated carbocycles. The highest BCUT2D eigenvalue weighted by molar-refractivity contribution is 5.96. The molecule has 0 radical (unpaired) electrons. The summed E-state index contributed by atoms with van der Waals surface area (Å²) < 4.78 is 34.8. The van der Waals surface area contributed by atoms with Crippen LogP contribution in [-0.2, 0) is 38.2 Å². The van der Waals surface area contributed by atoms with Crippen LogP contribution in [0.15, 0.2) is 18.2 Å². The second kappa shape index (κ2) is 11.7. The van der Waals surface area contributed by atoms with Gasteiger partial charge in [0.15, 0.2) is 24.8 Å². The van der Waals surface area contributed by atoms with Gasteiger partial charge in [-0.25, -0.2) is 9.18 Å². The maximum atomic E-state index is 14.7. The molecule has 200 valence electrons. The van der Waals surface area contributed by atoms with E-state index in [1.54, 1.807) is 0 Å². The van der Waals surface area contributed by atoms with Gasteiger partial charge in [-0.3, -0.25) is 33.8 Å². The SMILES string of the molecule is CC(=O)OCC(=O)N1CC(Oc2ccc(N3C[C@H](CN(C(C)=O)C(=O)COC(C)=O)OC3=O)cc2F)C1. The Morgan fingerprint density at radius 2 is 1.68 bits per heavy atom. The minimum Gasteiger partial charge on any atom is -0.484 e. The maximum absolute atomic E-state index is 14.7. The van der Waals surface area contributed by atoms with Gasteiger partial charge in [-0.15, -0.1) is 0 Å². The standard InChI is InChI=1S/C23H26FN3O10/c1-13(28)26(22(32)12-35-15(3)30)9-18-10-27(23(33)37-18)16-4-5-20(19(24)6-16)36-17-7-25(8-17)21(31)11-34-14(2)29/h4-6,17-18H,7-12H2,1-3H3/t18-/m0/s1. The third-order valence-corrected chi connectivity index (χ3v) is 5.46. The molecule has 0 aliphatic carbocycles. The van der Waals surface area contributed by atoms with Gasteiger partial charge in [0.05, 0.1) is 31.9 Å². The van der Waals surface area contributed by atoms with Crippen LogP contribution in [0.3, 0.4) is 0 Å². The highest BCUT2D eigenvalue weighted by Gasteiger charge is 2.37. The number of hydrogen-bond donors (Lipinski definition) is 0. The van der Waals surface area contributed by atoms with Crippen molar-refractivity contribution in [2.75, 3.05) is 44.3 Å². The number of esters is 2. The molecule has 2 aliphatic heterocycles. The van der Waals surface area contributed by atoms with Crippen molar-refractivity contribution in [3.8, 4) is 5.75 Å². The third kappa shape index (κ3) is 7.15.